The van der Waals surface area contributed by atoms with Crippen LogP contribution in [0.4, 0.5) is 18.0 Å². The fourth-order valence-corrected chi connectivity index (χ4v) is 2.72. The molecule has 11 heteroatoms. The third kappa shape index (κ3) is 6.05. The minimum atomic E-state index is -4.40. The van der Waals surface area contributed by atoms with Gasteiger partial charge in [-0.05, 0) is 30.7 Å². The van der Waals surface area contributed by atoms with Gasteiger partial charge in [-0.2, -0.15) is 23.7 Å². The van der Waals surface area contributed by atoms with Gasteiger partial charge >= 0.3 is 12.2 Å². The van der Waals surface area contributed by atoms with Gasteiger partial charge < -0.3 is 10.2 Å². The molecule has 7 nitrogen and oxygen atoms in total. The van der Waals surface area contributed by atoms with Crippen molar-refractivity contribution in [2.75, 3.05) is 13.7 Å². The van der Waals surface area contributed by atoms with Crippen molar-refractivity contribution in [2.24, 2.45) is 16.3 Å². The SMILES string of the molecule is C/C(=N\OCC1C(NC(=O)N(C)N=N)=CC=CC1Cl)c1ccc(C(F)(F)F)cc1. The molecule has 0 bridgehead atoms. The van der Waals surface area contributed by atoms with Gasteiger partial charge in [0.15, 0.2) is 0 Å². The number of carbonyl (C=O) groups is 1. The van der Waals surface area contributed by atoms with Crippen LogP contribution in [0.2, 0.25) is 0 Å². The summed E-state index contributed by atoms with van der Waals surface area (Å²) in [5.74, 6) is -0.436. The van der Waals surface area contributed by atoms with Crippen LogP contribution in [0.5, 0.6) is 0 Å². The van der Waals surface area contributed by atoms with Crippen LogP contribution in [0, 0.1) is 11.4 Å². The summed E-state index contributed by atoms with van der Waals surface area (Å²) in [5, 5.41) is 9.88. The van der Waals surface area contributed by atoms with Gasteiger partial charge in [0, 0.05) is 12.7 Å². The Bertz CT molecular complexity index is 837. The Kier molecular flexibility index (Phi) is 7.38. The first-order valence-corrected chi connectivity index (χ1v) is 8.86. The van der Waals surface area contributed by atoms with E-state index in [2.05, 4.69) is 15.7 Å². The predicted molar refractivity (Wildman–Crippen MR) is 101 cm³/mol. The van der Waals surface area contributed by atoms with Gasteiger partial charge in [0.1, 0.15) is 6.61 Å². The monoisotopic (exact) mass is 429 g/mol. The number of carbonyl (C=O) groups excluding carboxylic acids is 1. The maximum Gasteiger partial charge on any atom is 0.416 e. The van der Waals surface area contributed by atoms with E-state index in [1.54, 1.807) is 25.2 Å². The van der Waals surface area contributed by atoms with Gasteiger partial charge in [0.2, 0.25) is 0 Å². The molecular weight excluding hydrogens is 411 g/mol. The van der Waals surface area contributed by atoms with Crippen LogP contribution in [-0.4, -0.2) is 35.8 Å². The minimum absolute atomic E-state index is 0.0182. The largest absolute Gasteiger partial charge is 0.416 e. The second-order valence-electron chi connectivity index (χ2n) is 6.16. The van der Waals surface area contributed by atoms with E-state index < -0.39 is 29.1 Å². The predicted octanol–water partition coefficient (Wildman–Crippen LogP) is 4.71. The molecule has 2 unspecified atom stereocenters. The average molecular weight is 430 g/mol. The second-order valence-corrected chi connectivity index (χ2v) is 6.66. The molecule has 0 heterocycles. The zero-order valence-corrected chi connectivity index (χ0v) is 16.3. The number of urea groups is 1. The standard InChI is InChI=1S/C18H19ClF3N5O2/c1-11(12-6-8-13(9-7-12)18(20,21)22)25-29-10-14-15(19)4-3-5-16(14)24-17(28)27(2)26-23/h3-9,14-15,23H,10H2,1-2H3,(H,24,28)/b25-11+,26-23?. The molecule has 2 rings (SSSR count). The molecule has 0 aliphatic heterocycles. The number of rotatable bonds is 6. The molecule has 29 heavy (non-hydrogen) atoms. The molecule has 0 spiro atoms. The number of benzene rings is 1. The highest BCUT2D eigenvalue weighted by molar-refractivity contribution is 6.22. The van der Waals surface area contributed by atoms with Crippen molar-refractivity contribution in [1.29, 1.82) is 5.53 Å². The van der Waals surface area contributed by atoms with Crippen LogP contribution >= 0.6 is 11.6 Å². The van der Waals surface area contributed by atoms with Crippen molar-refractivity contribution >= 4 is 23.3 Å². The summed E-state index contributed by atoms with van der Waals surface area (Å²) in [6.45, 7) is 1.62. The first kappa shape index (κ1) is 22.4. The quantitative estimate of drug-likeness (QED) is 0.297. The number of oxime groups is 1. The van der Waals surface area contributed by atoms with Crippen LogP contribution in [0.15, 0.2) is 58.6 Å². The van der Waals surface area contributed by atoms with E-state index in [-0.39, 0.29) is 6.61 Å². The Morgan fingerprint density at radius 3 is 2.59 bits per heavy atom. The minimum Gasteiger partial charge on any atom is -0.395 e. The molecule has 0 radical (unpaired) electrons. The summed E-state index contributed by atoms with van der Waals surface area (Å²) in [4.78, 5) is 17.2. The number of allylic oxidation sites excluding steroid dienone is 3. The zero-order valence-electron chi connectivity index (χ0n) is 15.6. The summed E-state index contributed by atoms with van der Waals surface area (Å²) in [7, 11) is 1.32. The Balaban J connectivity index is 2.02. The van der Waals surface area contributed by atoms with Crippen molar-refractivity contribution in [3.8, 4) is 0 Å². The normalized spacial score (nSPS) is 19.4. The molecule has 0 aromatic heterocycles. The summed E-state index contributed by atoms with van der Waals surface area (Å²) < 4.78 is 37.9. The molecule has 1 aromatic carbocycles. The van der Waals surface area contributed by atoms with E-state index in [4.69, 9.17) is 22.0 Å². The molecular formula is C18H19ClF3N5O2. The summed E-state index contributed by atoms with van der Waals surface area (Å²) >= 11 is 6.28. The number of hydrogen-bond acceptors (Lipinski definition) is 5. The van der Waals surface area contributed by atoms with Crippen molar-refractivity contribution in [3.05, 3.63) is 59.3 Å². The third-order valence-electron chi connectivity index (χ3n) is 4.14. The van der Waals surface area contributed by atoms with Crippen LogP contribution in [0.25, 0.3) is 0 Å². The van der Waals surface area contributed by atoms with E-state index in [0.717, 1.165) is 17.1 Å². The molecule has 0 fully saturated rings. The molecule has 2 atom stereocenters. The molecule has 0 saturated carbocycles. The van der Waals surface area contributed by atoms with E-state index in [1.807, 2.05) is 0 Å². The maximum atomic E-state index is 12.6. The molecule has 156 valence electrons. The lowest BCUT2D eigenvalue weighted by molar-refractivity contribution is -0.137. The first-order valence-electron chi connectivity index (χ1n) is 8.42. The van der Waals surface area contributed by atoms with E-state index in [0.29, 0.717) is 17.0 Å². The number of nitrogens with zero attached hydrogens (tertiary/aromatic N) is 3. The maximum absolute atomic E-state index is 12.6. The lowest BCUT2D eigenvalue weighted by atomic mass is 9.97. The highest BCUT2D eigenvalue weighted by Gasteiger charge is 2.30. The molecule has 0 saturated heterocycles. The first-order chi connectivity index (χ1) is 13.6. The number of amides is 2. The smallest absolute Gasteiger partial charge is 0.395 e. The summed E-state index contributed by atoms with van der Waals surface area (Å²) in [6, 6.07) is 3.95. The van der Waals surface area contributed by atoms with Gasteiger partial charge in [-0.15, -0.1) is 11.6 Å². The van der Waals surface area contributed by atoms with E-state index in [1.165, 1.54) is 19.2 Å². The van der Waals surface area contributed by atoms with E-state index in [9.17, 15) is 18.0 Å². The molecule has 2 N–H and O–H groups in total. The molecule has 1 aliphatic carbocycles. The lowest BCUT2D eigenvalue weighted by Gasteiger charge is -2.25. The highest BCUT2D eigenvalue weighted by atomic mass is 35.5. The summed E-state index contributed by atoms with van der Waals surface area (Å²) in [6.07, 6.45) is 0.641. The fourth-order valence-electron chi connectivity index (χ4n) is 2.43. The fraction of sp³-hybridized carbons (Fsp3) is 0.333. The van der Waals surface area contributed by atoms with Gasteiger partial charge in [0.25, 0.3) is 0 Å². The van der Waals surface area contributed by atoms with Crippen molar-refractivity contribution in [1.82, 2.24) is 10.3 Å². The lowest BCUT2D eigenvalue weighted by Crippen LogP contribution is -2.38. The van der Waals surface area contributed by atoms with Gasteiger partial charge in [0.05, 0.1) is 22.6 Å². The Morgan fingerprint density at radius 2 is 2.00 bits per heavy atom. The van der Waals surface area contributed by atoms with Gasteiger partial charge in [-0.25, -0.2) is 4.79 Å². The van der Waals surface area contributed by atoms with E-state index >= 15 is 0 Å². The van der Waals surface area contributed by atoms with Crippen molar-refractivity contribution in [3.63, 3.8) is 0 Å². The highest BCUT2D eigenvalue weighted by Crippen LogP contribution is 2.29. The van der Waals surface area contributed by atoms with Gasteiger partial charge in [-0.3, -0.25) is 0 Å². The van der Waals surface area contributed by atoms with Crippen molar-refractivity contribution in [2.45, 2.75) is 18.5 Å². The molecule has 1 aliphatic rings. The molecule has 2 amide bonds. The number of halogens is 4. The number of hydrogen-bond donors (Lipinski definition) is 2. The number of alkyl halides is 4. The average Bonchev–Trinajstić information content (AvgIpc) is 2.68. The Morgan fingerprint density at radius 1 is 1.34 bits per heavy atom. The van der Waals surface area contributed by atoms with Crippen LogP contribution in [0.3, 0.4) is 0 Å². The van der Waals surface area contributed by atoms with Crippen LogP contribution in [-0.2, 0) is 11.0 Å². The Hall–Kier alpha value is -2.88. The van der Waals surface area contributed by atoms with Crippen LogP contribution in [0.1, 0.15) is 18.1 Å². The summed E-state index contributed by atoms with van der Waals surface area (Å²) in [5.41, 5.74) is 7.45. The number of nitrogens with one attached hydrogen (secondary N) is 2. The topological polar surface area (TPSA) is 90.1 Å². The van der Waals surface area contributed by atoms with Gasteiger partial charge in [-0.1, -0.05) is 34.7 Å². The van der Waals surface area contributed by atoms with Crippen LogP contribution < -0.4 is 5.32 Å². The van der Waals surface area contributed by atoms with Crippen molar-refractivity contribution < 1.29 is 22.8 Å². The Labute approximate surface area is 170 Å². The second kappa shape index (κ2) is 9.55. The molecule has 1 aromatic rings. The zero-order chi connectivity index (χ0) is 21.6. The third-order valence-corrected chi connectivity index (χ3v) is 4.59.